The van der Waals surface area contributed by atoms with Gasteiger partial charge in [0.2, 0.25) is 0 Å². The summed E-state index contributed by atoms with van der Waals surface area (Å²) in [5.41, 5.74) is -0.417. The highest BCUT2D eigenvalue weighted by molar-refractivity contribution is 5.93. The maximum absolute atomic E-state index is 12.3. The molecular weight excluding hydrogens is 302 g/mol. The van der Waals surface area contributed by atoms with E-state index in [2.05, 4.69) is 4.98 Å². The number of aromatic nitrogens is 2. The summed E-state index contributed by atoms with van der Waals surface area (Å²) in [5, 5.41) is 11.2. The van der Waals surface area contributed by atoms with Gasteiger partial charge in [-0.3, -0.25) is 19.3 Å². The third-order valence-electron chi connectivity index (χ3n) is 3.12. The Hall–Kier alpha value is -3.03. The Bertz CT molecular complexity index is 883. The number of ether oxygens (including phenoxy) is 1. The topological polar surface area (TPSA) is 104 Å². The molecule has 0 aliphatic heterocycles. The molecule has 0 spiro atoms. The second kappa shape index (κ2) is 6.39. The fraction of sp³-hybridized carbons (Fsp3) is 0.267. The Balaban J connectivity index is 2.73. The van der Waals surface area contributed by atoms with Gasteiger partial charge in [-0.1, -0.05) is 0 Å². The van der Waals surface area contributed by atoms with E-state index >= 15 is 0 Å². The van der Waals surface area contributed by atoms with Crippen molar-refractivity contribution in [3.05, 3.63) is 55.6 Å². The number of rotatable bonds is 4. The highest BCUT2D eigenvalue weighted by Gasteiger charge is 2.23. The van der Waals surface area contributed by atoms with Crippen LogP contribution in [0.25, 0.3) is 11.7 Å². The van der Waals surface area contributed by atoms with Crippen LogP contribution in [0.2, 0.25) is 0 Å². The van der Waals surface area contributed by atoms with Crippen LogP contribution in [0.3, 0.4) is 0 Å². The molecule has 0 radical (unpaired) electrons. The molecule has 0 amide bonds. The third kappa shape index (κ3) is 3.25. The Labute approximate surface area is 131 Å². The van der Waals surface area contributed by atoms with Crippen molar-refractivity contribution >= 4 is 23.4 Å². The lowest BCUT2D eigenvalue weighted by Gasteiger charge is -2.05. The Morgan fingerprint density at radius 3 is 2.83 bits per heavy atom. The molecule has 2 aromatic rings. The molecule has 2 heterocycles. The number of nitro groups is 1. The van der Waals surface area contributed by atoms with Crippen molar-refractivity contribution in [1.82, 2.24) is 9.38 Å². The number of carbonyl (C=O) groups is 1. The number of nitrogens with zero attached hydrogens (tertiary/aromatic N) is 3. The molecule has 2 aromatic heterocycles. The van der Waals surface area contributed by atoms with Crippen molar-refractivity contribution in [3.8, 4) is 0 Å². The minimum Gasteiger partial charge on any atom is -0.463 e. The van der Waals surface area contributed by atoms with Gasteiger partial charge in [-0.05, 0) is 44.5 Å². The molecule has 0 bridgehead atoms. The smallest absolute Gasteiger partial charge is 0.359 e. The molecule has 0 saturated carbocycles. The molecule has 23 heavy (non-hydrogen) atoms. The van der Waals surface area contributed by atoms with Crippen LogP contribution < -0.4 is 5.56 Å². The van der Waals surface area contributed by atoms with Gasteiger partial charge in [-0.25, -0.2) is 9.78 Å². The SMILES string of the molecule is CCOC(=O)/C(C)=C/c1nc2cc(C)ccn2c(=O)c1[N+](=O)[O-]. The maximum atomic E-state index is 12.3. The Morgan fingerprint density at radius 1 is 1.52 bits per heavy atom. The van der Waals surface area contributed by atoms with Crippen molar-refractivity contribution in [2.45, 2.75) is 20.8 Å². The summed E-state index contributed by atoms with van der Waals surface area (Å²) < 4.78 is 5.92. The largest absolute Gasteiger partial charge is 0.463 e. The summed E-state index contributed by atoms with van der Waals surface area (Å²) >= 11 is 0. The van der Waals surface area contributed by atoms with Crippen LogP contribution in [0.5, 0.6) is 0 Å². The van der Waals surface area contributed by atoms with Gasteiger partial charge in [0.1, 0.15) is 11.3 Å². The lowest BCUT2D eigenvalue weighted by molar-refractivity contribution is -0.386. The average Bonchev–Trinajstić information content (AvgIpc) is 2.46. The first kappa shape index (κ1) is 16.3. The molecule has 0 fully saturated rings. The molecule has 8 heteroatoms. The Morgan fingerprint density at radius 2 is 2.22 bits per heavy atom. The highest BCUT2D eigenvalue weighted by Crippen LogP contribution is 2.17. The zero-order valence-corrected chi connectivity index (χ0v) is 12.9. The normalized spacial score (nSPS) is 11.5. The summed E-state index contributed by atoms with van der Waals surface area (Å²) in [6.45, 7) is 5.09. The molecule has 0 N–H and O–H groups in total. The lowest BCUT2D eigenvalue weighted by Crippen LogP contribution is -2.20. The van der Waals surface area contributed by atoms with Crippen molar-refractivity contribution in [2.75, 3.05) is 6.61 Å². The van der Waals surface area contributed by atoms with Gasteiger partial charge >= 0.3 is 17.2 Å². The fourth-order valence-electron chi connectivity index (χ4n) is 2.03. The first-order valence-electron chi connectivity index (χ1n) is 6.88. The molecule has 0 aromatic carbocycles. The van der Waals surface area contributed by atoms with Gasteiger partial charge in [-0.15, -0.1) is 0 Å². The number of carbonyl (C=O) groups excluding carboxylic acids is 1. The standard InChI is InChI=1S/C15H15N3O5/c1-4-23-15(20)10(3)8-11-13(18(21)22)14(19)17-6-5-9(2)7-12(17)16-11/h5-8H,4H2,1-3H3/b10-8+. The van der Waals surface area contributed by atoms with Crippen LogP contribution in [-0.2, 0) is 9.53 Å². The minimum atomic E-state index is -0.803. The van der Waals surface area contributed by atoms with Crippen molar-refractivity contribution in [1.29, 1.82) is 0 Å². The minimum absolute atomic E-state index is 0.124. The molecule has 0 aliphatic rings. The summed E-state index contributed by atoms with van der Waals surface area (Å²) in [6, 6.07) is 3.28. The molecule has 0 aliphatic carbocycles. The molecule has 0 atom stereocenters. The van der Waals surface area contributed by atoms with Gasteiger partial charge in [0.05, 0.1) is 11.5 Å². The van der Waals surface area contributed by atoms with E-state index in [0.29, 0.717) is 0 Å². The number of hydrogen-bond donors (Lipinski definition) is 0. The van der Waals surface area contributed by atoms with E-state index in [0.717, 1.165) is 9.96 Å². The summed E-state index contributed by atoms with van der Waals surface area (Å²) in [4.78, 5) is 38.5. The van der Waals surface area contributed by atoms with E-state index in [9.17, 15) is 19.7 Å². The van der Waals surface area contributed by atoms with E-state index in [-0.39, 0.29) is 23.5 Å². The van der Waals surface area contributed by atoms with Crippen LogP contribution in [0, 0.1) is 17.0 Å². The van der Waals surface area contributed by atoms with Crippen molar-refractivity contribution in [3.63, 3.8) is 0 Å². The number of aryl methyl sites for hydroxylation is 1. The van der Waals surface area contributed by atoms with Crippen molar-refractivity contribution < 1.29 is 14.5 Å². The van der Waals surface area contributed by atoms with E-state index in [1.165, 1.54) is 19.2 Å². The predicted octanol–water partition coefficient (Wildman–Crippen LogP) is 1.88. The highest BCUT2D eigenvalue weighted by atomic mass is 16.6. The molecule has 0 saturated heterocycles. The van der Waals surface area contributed by atoms with Gasteiger partial charge in [-0.2, -0.15) is 0 Å². The molecule has 2 rings (SSSR count). The van der Waals surface area contributed by atoms with Gasteiger partial charge < -0.3 is 4.74 Å². The van der Waals surface area contributed by atoms with Crippen molar-refractivity contribution in [2.24, 2.45) is 0 Å². The molecule has 120 valence electrons. The predicted molar refractivity (Wildman–Crippen MR) is 83.1 cm³/mol. The monoisotopic (exact) mass is 317 g/mol. The first-order chi connectivity index (χ1) is 10.8. The second-order valence-corrected chi connectivity index (χ2v) is 4.89. The zero-order chi connectivity index (χ0) is 17.1. The van der Waals surface area contributed by atoms with Crippen LogP contribution in [0.1, 0.15) is 25.1 Å². The second-order valence-electron chi connectivity index (χ2n) is 4.89. The summed E-state index contributed by atoms with van der Waals surface area (Å²) in [7, 11) is 0. The van der Waals surface area contributed by atoms with E-state index in [4.69, 9.17) is 4.74 Å². The van der Waals surface area contributed by atoms with Crippen LogP contribution in [0.15, 0.2) is 28.7 Å². The number of fused-ring (bicyclic) bond motifs is 1. The third-order valence-corrected chi connectivity index (χ3v) is 3.12. The summed E-state index contributed by atoms with van der Waals surface area (Å²) in [6.07, 6.45) is 2.62. The van der Waals surface area contributed by atoms with E-state index in [1.54, 1.807) is 19.1 Å². The lowest BCUT2D eigenvalue weighted by atomic mass is 10.2. The average molecular weight is 317 g/mol. The molecule has 0 unspecified atom stereocenters. The first-order valence-corrected chi connectivity index (χ1v) is 6.88. The van der Waals surface area contributed by atoms with Crippen LogP contribution in [-0.4, -0.2) is 26.9 Å². The van der Waals surface area contributed by atoms with E-state index in [1.807, 2.05) is 6.92 Å². The maximum Gasteiger partial charge on any atom is 0.359 e. The van der Waals surface area contributed by atoms with Gasteiger partial charge in [0, 0.05) is 11.8 Å². The van der Waals surface area contributed by atoms with Gasteiger partial charge in [0.15, 0.2) is 0 Å². The number of esters is 1. The quantitative estimate of drug-likeness (QED) is 0.369. The van der Waals surface area contributed by atoms with E-state index < -0.39 is 22.1 Å². The Kier molecular flexibility index (Phi) is 4.54. The zero-order valence-electron chi connectivity index (χ0n) is 12.9. The summed E-state index contributed by atoms with van der Waals surface area (Å²) in [5.74, 6) is -0.618. The van der Waals surface area contributed by atoms with Gasteiger partial charge in [0.25, 0.3) is 0 Å². The van der Waals surface area contributed by atoms with Crippen LogP contribution >= 0.6 is 0 Å². The number of pyridine rings is 1. The molecular formula is C15H15N3O5. The molecule has 8 nitrogen and oxygen atoms in total. The fourth-order valence-corrected chi connectivity index (χ4v) is 2.03. The van der Waals surface area contributed by atoms with Crippen LogP contribution in [0.4, 0.5) is 5.69 Å². The number of hydrogen-bond acceptors (Lipinski definition) is 6.